The van der Waals surface area contributed by atoms with Crippen LogP contribution in [-0.4, -0.2) is 5.91 Å². The van der Waals surface area contributed by atoms with Crippen LogP contribution in [0.4, 0.5) is 5.69 Å². The van der Waals surface area contributed by atoms with E-state index < -0.39 is 0 Å². The largest absolute Gasteiger partial charge is 0.444 e. The van der Waals surface area contributed by atoms with E-state index in [0.717, 1.165) is 9.26 Å². The lowest BCUT2D eigenvalue weighted by molar-refractivity contribution is 0.0995. The molecule has 0 aliphatic rings. The fraction of sp³-hybridized carbons (Fsp3) is 0.0833. The number of anilines is 1. The van der Waals surface area contributed by atoms with Crippen molar-refractivity contribution in [2.24, 2.45) is 0 Å². The molecule has 0 atom stereocenters. The van der Waals surface area contributed by atoms with Crippen molar-refractivity contribution >= 4 is 50.1 Å². The van der Waals surface area contributed by atoms with Crippen molar-refractivity contribution in [1.29, 1.82) is 0 Å². The standard InChI is InChI=1S/C12H9BrINO2/c1-7-2-3-8(6-9(7)14)15-12(16)10-4-5-11(13)17-10/h2-6H,1H3,(H,15,16). The molecule has 0 radical (unpaired) electrons. The van der Waals surface area contributed by atoms with Crippen molar-refractivity contribution in [2.75, 3.05) is 5.32 Å². The van der Waals surface area contributed by atoms with Crippen LogP contribution in [0, 0.1) is 10.5 Å². The second-order valence-electron chi connectivity index (χ2n) is 3.52. The lowest BCUT2D eigenvalue weighted by atomic mass is 10.2. The predicted octanol–water partition coefficient (Wildman–Crippen LogP) is 4.21. The molecule has 1 aromatic carbocycles. The predicted molar refractivity (Wildman–Crippen MR) is 78.3 cm³/mol. The first-order valence-electron chi connectivity index (χ1n) is 4.89. The van der Waals surface area contributed by atoms with Crippen LogP contribution in [0.1, 0.15) is 16.1 Å². The zero-order valence-electron chi connectivity index (χ0n) is 8.96. The first kappa shape index (κ1) is 12.6. The summed E-state index contributed by atoms with van der Waals surface area (Å²) in [5.41, 5.74) is 1.95. The summed E-state index contributed by atoms with van der Waals surface area (Å²) in [6.07, 6.45) is 0. The molecule has 0 aliphatic carbocycles. The van der Waals surface area contributed by atoms with Gasteiger partial charge in [-0.1, -0.05) is 6.07 Å². The van der Waals surface area contributed by atoms with Crippen LogP contribution in [0.2, 0.25) is 0 Å². The number of carbonyl (C=O) groups excluding carboxylic acids is 1. The minimum absolute atomic E-state index is 0.254. The van der Waals surface area contributed by atoms with Crippen LogP contribution < -0.4 is 5.32 Å². The molecule has 0 unspecified atom stereocenters. The summed E-state index contributed by atoms with van der Waals surface area (Å²) in [6, 6.07) is 9.07. The Labute approximate surface area is 121 Å². The summed E-state index contributed by atoms with van der Waals surface area (Å²) >= 11 is 5.39. The van der Waals surface area contributed by atoms with E-state index in [9.17, 15) is 4.79 Å². The van der Waals surface area contributed by atoms with Crippen LogP contribution in [0.25, 0.3) is 0 Å². The van der Waals surface area contributed by atoms with E-state index in [4.69, 9.17) is 4.42 Å². The maximum absolute atomic E-state index is 11.8. The van der Waals surface area contributed by atoms with Crippen LogP contribution in [0.15, 0.2) is 39.4 Å². The first-order chi connectivity index (χ1) is 8.06. The molecule has 17 heavy (non-hydrogen) atoms. The number of nitrogens with one attached hydrogen (secondary N) is 1. The first-order valence-corrected chi connectivity index (χ1v) is 6.76. The van der Waals surface area contributed by atoms with E-state index in [1.54, 1.807) is 12.1 Å². The molecule has 0 saturated heterocycles. The van der Waals surface area contributed by atoms with E-state index in [1.165, 1.54) is 5.56 Å². The van der Waals surface area contributed by atoms with Gasteiger partial charge in [-0.05, 0) is 75.3 Å². The molecule has 1 heterocycles. The van der Waals surface area contributed by atoms with Gasteiger partial charge in [0.2, 0.25) is 0 Å². The van der Waals surface area contributed by atoms with Gasteiger partial charge in [-0.3, -0.25) is 4.79 Å². The highest BCUT2D eigenvalue weighted by Crippen LogP contribution is 2.19. The second kappa shape index (κ2) is 5.22. The van der Waals surface area contributed by atoms with Crippen molar-refractivity contribution in [3.63, 3.8) is 0 Å². The Morgan fingerprint density at radius 2 is 2.12 bits per heavy atom. The van der Waals surface area contributed by atoms with Crippen molar-refractivity contribution in [3.8, 4) is 0 Å². The van der Waals surface area contributed by atoms with E-state index in [0.29, 0.717) is 4.67 Å². The quantitative estimate of drug-likeness (QED) is 0.760. The van der Waals surface area contributed by atoms with Gasteiger partial charge < -0.3 is 9.73 Å². The second-order valence-corrected chi connectivity index (χ2v) is 5.47. The minimum atomic E-state index is -0.254. The van der Waals surface area contributed by atoms with Gasteiger partial charge in [0.1, 0.15) is 0 Å². The molecule has 5 heteroatoms. The number of aryl methyl sites for hydroxylation is 1. The zero-order valence-corrected chi connectivity index (χ0v) is 12.7. The molecule has 1 N–H and O–H groups in total. The number of benzene rings is 1. The number of hydrogen-bond acceptors (Lipinski definition) is 2. The summed E-state index contributed by atoms with van der Waals surface area (Å²) in [4.78, 5) is 11.8. The lowest BCUT2D eigenvalue weighted by Gasteiger charge is -2.05. The molecule has 0 spiro atoms. The van der Waals surface area contributed by atoms with Gasteiger partial charge in [0.15, 0.2) is 10.4 Å². The SMILES string of the molecule is Cc1ccc(NC(=O)c2ccc(Br)o2)cc1I. The van der Waals surface area contributed by atoms with E-state index in [-0.39, 0.29) is 11.7 Å². The van der Waals surface area contributed by atoms with Gasteiger partial charge in [-0.2, -0.15) is 0 Å². The average molecular weight is 406 g/mol. The highest BCUT2D eigenvalue weighted by molar-refractivity contribution is 14.1. The van der Waals surface area contributed by atoms with E-state index >= 15 is 0 Å². The molecule has 0 saturated carbocycles. The molecule has 0 bridgehead atoms. The molecule has 1 amide bonds. The zero-order chi connectivity index (χ0) is 12.4. The Hall–Kier alpha value is -0.820. The van der Waals surface area contributed by atoms with E-state index in [1.807, 2.05) is 25.1 Å². The fourth-order valence-electron chi connectivity index (χ4n) is 1.30. The summed E-state index contributed by atoms with van der Waals surface area (Å²) in [7, 11) is 0. The fourth-order valence-corrected chi connectivity index (χ4v) is 2.12. The average Bonchev–Trinajstić information content (AvgIpc) is 2.70. The van der Waals surface area contributed by atoms with Crippen molar-refractivity contribution in [2.45, 2.75) is 6.92 Å². The highest BCUT2D eigenvalue weighted by Gasteiger charge is 2.10. The minimum Gasteiger partial charge on any atom is -0.444 e. The third kappa shape index (κ3) is 3.10. The molecule has 2 aromatic rings. The van der Waals surface area contributed by atoms with Gasteiger partial charge in [0, 0.05) is 9.26 Å². The van der Waals surface area contributed by atoms with Crippen molar-refractivity contribution in [1.82, 2.24) is 0 Å². The number of hydrogen-bond donors (Lipinski definition) is 1. The van der Waals surface area contributed by atoms with Gasteiger partial charge in [-0.15, -0.1) is 0 Å². The van der Waals surface area contributed by atoms with Crippen molar-refractivity contribution < 1.29 is 9.21 Å². The third-order valence-electron chi connectivity index (χ3n) is 2.23. The molecule has 0 fully saturated rings. The summed E-state index contributed by atoms with van der Waals surface area (Å²) in [6.45, 7) is 2.02. The molecule has 3 nitrogen and oxygen atoms in total. The monoisotopic (exact) mass is 405 g/mol. The topological polar surface area (TPSA) is 42.2 Å². The molecule has 2 rings (SSSR count). The number of halogens is 2. The van der Waals surface area contributed by atoms with Crippen LogP contribution in [0.5, 0.6) is 0 Å². The maximum Gasteiger partial charge on any atom is 0.291 e. The Morgan fingerprint density at radius 1 is 1.35 bits per heavy atom. The van der Waals surface area contributed by atoms with E-state index in [2.05, 4.69) is 43.8 Å². The van der Waals surface area contributed by atoms with Crippen LogP contribution >= 0.6 is 38.5 Å². The number of amides is 1. The summed E-state index contributed by atoms with van der Waals surface area (Å²) < 4.78 is 6.83. The summed E-state index contributed by atoms with van der Waals surface area (Å²) in [5.74, 6) is 0.0304. The third-order valence-corrected chi connectivity index (χ3v) is 3.82. The van der Waals surface area contributed by atoms with Gasteiger partial charge >= 0.3 is 0 Å². The maximum atomic E-state index is 11.8. The van der Waals surface area contributed by atoms with Crippen LogP contribution in [0.3, 0.4) is 0 Å². The van der Waals surface area contributed by atoms with Crippen molar-refractivity contribution in [3.05, 3.63) is 49.9 Å². The number of furan rings is 1. The molecule has 0 aliphatic heterocycles. The molecule has 88 valence electrons. The van der Waals surface area contributed by atoms with Gasteiger partial charge in [-0.25, -0.2) is 0 Å². The Kier molecular flexibility index (Phi) is 3.88. The smallest absolute Gasteiger partial charge is 0.291 e. The Bertz CT molecular complexity index is 565. The van der Waals surface area contributed by atoms with Gasteiger partial charge in [0.25, 0.3) is 5.91 Å². The molecular formula is C12H9BrINO2. The lowest BCUT2D eigenvalue weighted by Crippen LogP contribution is -2.10. The Morgan fingerprint density at radius 3 is 2.71 bits per heavy atom. The van der Waals surface area contributed by atoms with Crippen LogP contribution in [-0.2, 0) is 0 Å². The Balaban J connectivity index is 2.15. The molecule has 1 aromatic heterocycles. The highest BCUT2D eigenvalue weighted by atomic mass is 127. The molecular weight excluding hydrogens is 397 g/mol. The summed E-state index contributed by atoms with van der Waals surface area (Å²) in [5, 5.41) is 2.78. The number of carbonyl (C=O) groups is 1. The normalized spacial score (nSPS) is 10.3. The van der Waals surface area contributed by atoms with Gasteiger partial charge in [0.05, 0.1) is 0 Å². The number of rotatable bonds is 2.